The SMILES string of the molecule is CC1(C)CCC(O)CN1C(=O)c1cccs1. The lowest BCUT2D eigenvalue weighted by Gasteiger charge is -2.44. The molecule has 3 nitrogen and oxygen atoms in total. The zero-order chi connectivity index (χ0) is 11.8. The first kappa shape index (κ1) is 11.6. The molecule has 0 bridgehead atoms. The number of carbonyl (C=O) groups excluding carboxylic acids is 1. The second-order valence-corrected chi connectivity index (χ2v) is 5.85. The summed E-state index contributed by atoms with van der Waals surface area (Å²) in [6.45, 7) is 4.57. The third kappa shape index (κ3) is 2.13. The minimum absolute atomic E-state index is 0.0405. The number of likely N-dealkylation sites (tertiary alicyclic amines) is 1. The van der Waals surface area contributed by atoms with Crippen molar-refractivity contribution in [1.29, 1.82) is 0 Å². The van der Waals surface area contributed by atoms with E-state index >= 15 is 0 Å². The monoisotopic (exact) mass is 239 g/mol. The van der Waals surface area contributed by atoms with Crippen LogP contribution in [0.3, 0.4) is 0 Å². The van der Waals surface area contributed by atoms with Crippen molar-refractivity contribution in [3.05, 3.63) is 22.4 Å². The molecule has 0 spiro atoms. The van der Waals surface area contributed by atoms with E-state index in [0.717, 1.165) is 17.7 Å². The van der Waals surface area contributed by atoms with Gasteiger partial charge >= 0.3 is 0 Å². The molecule has 1 aliphatic rings. The smallest absolute Gasteiger partial charge is 0.264 e. The summed E-state index contributed by atoms with van der Waals surface area (Å²) in [5.41, 5.74) is -0.152. The van der Waals surface area contributed by atoms with E-state index in [1.54, 1.807) is 4.90 Å². The van der Waals surface area contributed by atoms with Crippen LogP contribution < -0.4 is 0 Å². The van der Waals surface area contributed by atoms with Gasteiger partial charge in [0, 0.05) is 12.1 Å². The van der Waals surface area contributed by atoms with Crippen LogP contribution in [0.25, 0.3) is 0 Å². The summed E-state index contributed by atoms with van der Waals surface area (Å²) in [4.78, 5) is 14.8. The van der Waals surface area contributed by atoms with Crippen molar-refractivity contribution in [2.75, 3.05) is 6.54 Å². The summed E-state index contributed by atoms with van der Waals surface area (Å²) in [5, 5.41) is 11.6. The molecule has 2 heterocycles. The Bertz CT molecular complexity index is 372. The molecular formula is C12H17NO2S. The minimum atomic E-state index is -0.378. The number of β-amino-alcohol motifs (C(OH)–C–C–N with tert-alkyl or cyclic N) is 1. The molecule has 1 atom stereocenters. The van der Waals surface area contributed by atoms with Crippen molar-refractivity contribution < 1.29 is 9.90 Å². The Morgan fingerprint density at radius 1 is 1.62 bits per heavy atom. The lowest BCUT2D eigenvalue weighted by Crippen LogP contribution is -2.54. The highest BCUT2D eigenvalue weighted by Gasteiger charge is 2.37. The number of nitrogens with zero attached hydrogens (tertiary/aromatic N) is 1. The predicted octanol–water partition coefficient (Wildman–Crippen LogP) is 2.12. The number of amides is 1. The molecule has 0 aliphatic carbocycles. The minimum Gasteiger partial charge on any atom is -0.391 e. The van der Waals surface area contributed by atoms with Crippen LogP contribution in [0.15, 0.2) is 17.5 Å². The van der Waals surface area contributed by atoms with E-state index in [2.05, 4.69) is 13.8 Å². The molecule has 1 aliphatic heterocycles. The molecule has 1 unspecified atom stereocenters. The normalized spacial score (nSPS) is 24.4. The summed E-state index contributed by atoms with van der Waals surface area (Å²) >= 11 is 1.45. The predicted molar refractivity (Wildman–Crippen MR) is 64.7 cm³/mol. The highest BCUT2D eigenvalue weighted by molar-refractivity contribution is 7.12. The molecule has 4 heteroatoms. The molecule has 1 saturated heterocycles. The van der Waals surface area contributed by atoms with Crippen LogP contribution in [0.2, 0.25) is 0 Å². The van der Waals surface area contributed by atoms with Gasteiger partial charge in [-0.05, 0) is 38.1 Å². The van der Waals surface area contributed by atoms with Gasteiger partial charge in [0.15, 0.2) is 0 Å². The van der Waals surface area contributed by atoms with Crippen molar-refractivity contribution >= 4 is 17.2 Å². The van der Waals surface area contributed by atoms with Crippen molar-refractivity contribution in [3.8, 4) is 0 Å². The summed E-state index contributed by atoms with van der Waals surface area (Å²) in [7, 11) is 0. The number of hydrogen-bond donors (Lipinski definition) is 1. The Kier molecular flexibility index (Phi) is 3.04. The summed E-state index contributed by atoms with van der Waals surface area (Å²) in [5.74, 6) is 0.0405. The number of hydrogen-bond acceptors (Lipinski definition) is 3. The zero-order valence-corrected chi connectivity index (χ0v) is 10.5. The summed E-state index contributed by atoms with van der Waals surface area (Å²) in [6.07, 6.45) is 1.25. The maximum Gasteiger partial charge on any atom is 0.264 e. The molecular weight excluding hydrogens is 222 g/mol. The number of carbonyl (C=O) groups is 1. The lowest BCUT2D eigenvalue weighted by molar-refractivity contribution is 0.00187. The van der Waals surface area contributed by atoms with Gasteiger partial charge in [-0.3, -0.25) is 4.79 Å². The number of rotatable bonds is 1. The van der Waals surface area contributed by atoms with Crippen LogP contribution in [-0.2, 0) is 0 Å². The van der Waals surface area contributed by atoms with Crippen LogP contribution in [0, 0.1) is 0 Å². The molecule has 1 fully saturated rings. The first-order valence-electron chi connectivity index (χ1n) is 5.54. The van der Waals surface area contributed by atoms with E-state index < -0.39 is 0 Å². The van der Waals surface area contributed by atoms with Crippen LogP contribution >= 0.6 is 11.3 Å². The van der Waals surface area contributed by atoms with E-state index in [1.165, 1.54) is 11.3 Å². The molecule has 1 amide bonds. The Balaban J connectivity index is 2.21. The van der Waals surface area contributed by atoms with Gasteiger partial charge in [-0.25, -0.2) is 0 Å². The first-order valence-corrected chi connectivity index (χ1v) is 6.42. The van der Waals surface area contributed by atoms with Crippen LogP contribution in [-0.4, -0.2) is 34.1 Å². The highest BCUT2D eigenvalue weighted by atomic mass is 32.1. The van der Waals surface area contributed by atoms with Gasteiger partial charge in [-0.1, -0.05) is 6.07 Å². The van der Waals surface area contributed by atoms with Gasteiger partial charge in [-0.2, -0.15) is 0 Å². The van der Waals surface area contributed by atoms with E-state index in [4.69, 9.17) is 0 Å². The highest BCUT2D eigenvalue weighted by Crippen LogP contribution is 2.29. The van der Waals surface area contributed by atoms with Gasteiger partial charge in [-0.15, -0.1) is 11.3 Å². The molecule has 1 aromatic heterocycles. The van der Waals surface area contributed by atoms with Crippen molar-refractivity contribution in [2.45, 2.75) is 38.3 Å². The van der Waals surface area contributed by atoms with Crippen LogP contribution in [0.4, 0.5) is 0 Å². The molecule has 0 saturated carbocycles. The molecule has 2 rings (SSSR count). The Labute approximate surface area is 99.7 Å². The largest absolute Gasteiger partial charge is 0.391 e. The zero-order valence-electron chi connectivity index (χ0n) is 9.64. The van der Waals surface area contributed by atoms with E-state index in [9.17, 15) is 9.90 Å². The van der Waals surface area contributed by atoms with Gasteiger partial charge in [0.1, 0.15) is 0 Å². The third-order valence-electron chi connectivity index (χ3n) is 3.19. The standard InChI is InChI=1S/C12H17NO2S/c1-12(2)6-5-9(14)8-13(12)11(15)10-4-3-7-16-10/h3-4,7,9,14H,5-6,8H2,1-2H3. The number of aliphatic hydroxyl groups excluding tert-OH is 1. The fraction of sp³-hybridized carbons (Fsp3) is 0.583. The van der Waals surface area contributed by atoms with Gasteiger partial charge < -0.3 is 10.0 Å². The topological polar surface area (TPSA) is 40.5 Å². The number of piperidine rings is 1. The summed E-state index contributed by atoms with van der Waals surface area (Å²) < 4.78 is 0. The average molecular weight is 239 g/mol. The van der Waals surface area contributed by atoms with E-state index in [0.29, 0.717) is 6.54 Å². The van der Waals surface area contributed by atoms with E-state index in [1.807, 2.05) is 17.5 Å². The Morgan fingerprint density at radius 2 is 2.38 bits per heavy atom. The number of aliphatic hydroxyl groups is 1. The quantitative estimate of drug-likeness (QED) is 0.815. The fourth-order valence-corrected chi connectivity index (χ4v) is 2.77. The maximum absolute atomic E-state index is 12.2. The van der Waals surface area contributed by atoms with Crippen molar-refractivity contribution in [2.24, 2.45) is 0 Å². The van der Waals surface area contributed by atoms with Crippen molar-refractivity contribution in [3.63, 3.8) is 0 Å². The second kappa shape index (κ2) is 4.18. The second-order valence-electron chi connectivity index (χ2n) is 4.90. The summed E-state index contributed by atoms with van der Waals surface area (Å²) in [6, 6.07) is 3.72. The molecule has 1 N–H and O–H groups in total. The van der Waals surface area contributed by atoms with Crippen LogP contribution in [0.1, 0.15) is 36.4 Å². The molecule has 0 radical (unpaired) electrons. The molecule has 16 heavy (non-hydrogen) atoms. The van der Waals surface area contributed by atoms with Crippen LogP contribution in [0.5, 0.6) is 0 Å². The maximum atomic E-state index is 12.2. The molecule has 88 valence electrons. The average Bonchev–Trinajstić information content (AvgIpc) is 2.74. The molecule has 0 aromatic carbocycles. The van der Waals surface area contributed by atoms with Crippen molar-refractivity contribution in [1.82, 2.24) is 4.90 Å². The van der Waals surface area contributed by atoms with Gasteiger partial charge in [0.2, 0.25) is 0 Å². The van der Waals surface area contributed by atoms with Gasteiger partial charge in [0.05, 0.1) is 11.0 Å². The first-order chi connectivity index (χ1) is 7.50. The molecule has 1 aromatic rings. The Hall–Kier alpha value is -0.870. The lowest BCUT2D eigenvalue weighted by atomic mass is 9.89. The van der Waals surface area contributed by atoms with Gasteiger partial charge in [0.25, 0.3) is 5.91 Å². The third-order valence-corrected chi connectivity index (χ3v) is 4.05. The number of thiophene rings is 1. The van der Waals surface area contributed by atoms with E-state index in [-0.39, 0.29) is 17.6 Å². The fourth-order valence-electron chi connectivity index (χ4n) is 2.10. The Morgan fingerprint density at radius 3 is 3.00 bits per heavy atom.